The molecule has 9 nitrogen and oxygen atoms in total. The van der Waals surface area contributed by atoms with E-state index in [2.05, 4.69) is 0 Å². The first kappa shape index (κ1) is 30.5. The number of hydrogen-bond donors (Lipinski definition) is 4. The molecular formula is C29H32F3NO8. The molecule has 41 heavy (non-hydrogen) atoms. The van der Waals surface area contributed by atoms with E-state index in [9.17, 15) is 37.8 Å². The predicted molar refractivity (Wildman–Crippen MR) is 139 cm³/mol. The molecule has 1 heterocycles. The van der Waals surface area contributed by atoms with Crippen molar-refractivity contribution in [3.05, 3.63) is 57.6 Å². The number of amides is 1. The zero-order valence-electron chi connectivity index (χ0n) is 22.7. The Labute approximate surface area is 234 Å². The topological polar surface area (TPSA) is 142 Å². The highest BCUT2D eigenvalue weighted by atomic mass is 19.4. The van der Waals surface area contributed by atoms with Crippen molar-refractivity contribution >= 4 is 17.5 Å². The van der Waals surface area contributed by atoms with Gasteiger partial charge in [-0.3, -0.25) is 14.4 Å². The zero-order chi connectivity index (χ0) is 30.2. The number of aromatic hydroxyl groups is 1. The molecule has 4 N–H and O–H groups in total. The highest BCUT2D eigenvalue weighted by molar-refractivity contribution is 6.14. The van der Waals surface area contributed by atoms with Crippen LogP contribution in [0.1, 0.15) is 64.9 Å². The van der Waals surface area contributed by atoms with Crippen molar-refractivity contribution in [2.24, 2.45) is 5.92 Å². The summed E-state index contributed by atoms with van der Waals surface area (Å²) in [6.07, 6.45) is -6.17. The number of aliphatic hydroxyl groups excluding tert-OH is 2. The van der Waals surface area contributed by atoms with Crippen molar-refractivity contribution in [1.82, 2.24) is 5.32 Å². The summed E-state index contributed by atoms with van der Waals surface area (Å²) in [5.74, 6) is -1.35. The smallest absolute Gasteiger partial charge is 0.471 e. The molecule has 0 bridgehead atoms. The van der Waals surface area contributed by atoms with E-state index in [1.807, 2.05) is 18.2 Å². The van der Waals surface area contributed by atoms with Gasteiger partial charge >= 0.3 is 12.1 Å². The number of Topliss-reactive ketones (excluding diaryl/α,β-unsaturated/α-hetero) is 1. The van der Waals surface area contributed by atoms with E-state index in [0.717, 1.165) is 23.1 Å². The monoisotopic (exact) mass is 579 g/mol. The average Bonchev–Trinajstić information content (AvgIpc) is 2.91. The molecule has 0 radical (unpaired) electrons. The fourth-order valence-electron chi connectivity index (χ4n) is 5.61. The van der Waals surface area contributed by atoms with E-state index in [1.54, 1.807) is 25.4 Å². The van der Waals surface area contributed by atoms with Crippen LogP contribution in [0.2, 0.25) is 0 Å². The molecule has 1 saturated heterocycles. The van der Waals surface area contributed by atoms with Gasteiger partial charge in [-0.05, 0) is 61.9 Å². The second-order valence-corrected chi connectivity index (χ2v) is 10.5. The van der Waals surface area contributed by atoms with Crippen LogP contribution in [0, 0.1) is 5.92 Å². The second-order valence-electron chi connectivity index (χ2n) is 10.5. The molecule has 5 rings (SSSR count). The number of carbonyl (C=O) groups excluding carboxylic acids is 3. The minimum atomic E-state index is -5.01. The number of halogens is 3. The standard InChI is InChI=1S/C21H20O4.C8H12F3NO4/c1-11(22)12-6-7-13-9-17-16(20(23)15(13)8-12)10-14-4-3-5-18(25-2)19(14)21(17)24;1-3-6(14)4(2-5(13)16-3)12-7(15)8(9,10)11/h3-5,9,12,23H,6-8,10H2,1-2H3;3-6,13-14H,2H2,1H3,(H,12,15)/t12-;3?,4-,5-,6?/m01/s1. The molecule has 2 aromatic carbocycles. The molecule has 0 aromatic heterocycles. The predicted octanol–water partition coefficient (Wildman–Crippen LogP) is 2.75. The Morgan fingerprint density at radius 3 is 2.49 bits per heavy atom. The third kappa shape index (κ3) is 6.24. The fourth-order valence-corrected chi connectivity index (χ4v) is 5.61. The lowest BCUT2D eigenvalue weighted by molar-refractivity contribution is -0.207. The third-order valence-corrected chi connectivity index (χ3v) is 7.86. The number of rotatable bonds is 3. The number of ether oxygens (including phenoxy) is 2. The number of aryl methyl sites for hydroxylation is 1. The van der Waals surface area contributed by atoms with Crippen molar-refractivity contribution in [2.45, 2.75) is 76.7 Å². The molecule has 5 atom stereocenters. The number of methoxy groups -OCH3 is 1. The normalized spacial score (nSPS) is 25.1. The van der Waals surface area contributed by atoms with Crippen LogP contribution < -0.4 is 10.1 Å². The number of phenolic OH excluding ortho intramolecular Hbond substituents is 1. The Balaban J connectivity index is 0.000000210. The summed E-state index contributed by atoms with van der Waals surface area (Å²) >= 11 is 0. The van der Waals surface area contributed by atoms with Crippen LogP contribution in [0.3, 0.4) is 0 Å². The lowest BCUT2D eigenvalue weighted by Gasteiger charge is -2.36. The number of phenols is 1. The van der Waals surface area contributed by atoms with Crippen molar-refractivity contribution < 1.29 is 52.3 Å². The molecule has 222 valence electrons. The quantitative estimate of drug-likeness (QED) is 0.371. The molecule has 2 aliphatic carbocycles. The van der Waals surface area contributed by atoms with Gasteiger partial charge in [0.05, 0.1) is 24.8 Å². The van der Waals surface area contributed by atoms with Crippen LogP contribution in [0.15, 0.2) is 24.3 Å². The van der Waals surface area contributed by atoms with E-state index < -0.39 is 36.6 Å². The number of carbonyl (C=O) groups is 3. The molecule has 1 aliphatic heterocycles. The van der Waals surface area contributed by atoms with Crippen molar-refractivity contribution in [3.8, 4) is 11.5 Å². The van der Waals surface area contributed by atoms with Gasteiger partial charge in [-0.25, -0.2) is 0 Å². The van der Waals surface area contributed by atoms with E-state index in [4.69, 9.17) is 14.6 Å². The van der Waals surface area contributed by atoms with Gasteiger partial charge in [0, 0.05) is 29.9 Å². The maximum absolute atomic E-state index is 13.1. The summed E-state index contributed by atoms with van der Waals surface area (Å²) in [6, 6.07) is 6.29. The Bertz CT molecular complexity index is 1360. The summed E-state index contributed by atoms with van der Waals surface area (Å²) in [6.45, 7) is 3.00. The van der Waals surface area contributed by atoms with Gasteiger partial charge in [-0.2, -0.15) is 13.2 Å². The SMILES string of the molecule is CC1O[C@@H](O)C[C@@H](NC(=O)C(F)(F)F)C1O.COc1cccc2c1C(=O)c1cc3c(c(O)c1C2)C[C@@H](C(C)=O)CC3. The highest BCUT2D eigenvalue weighted by Gasteiger charge is 2.43. The van der Waals surface area contributed by atoms with Crippen LogP contribution >= 0.6 is 0 Å². The maximum Gasteiger partial charge on any atom is 0.471 e. The van der Waals surface area contributed by atoms with Gasteiger partial charge in [0.2, 0.25) is 0 Å². The minimum Gasteiger partial charge on any atom is -0.507 e. The zero-order valence-corrected chi connectivity index (χ0v) is 22.7. The summed E-state index contributed by atoms with van der Waals surface area (Å²) in [5.41, 5.74) is 4.52. The lowest BCUT2D eigenvalue weighted by Crippen LogP contribution is -2.56. The molecule has 3 aliphatic rings. The molecule has 2 unspecified atom stereocenters. The molecular weight excluding hydrogens is 547 g/mol. The summed E-state index contributed by atoms with van der Waals surface area (Å²) in [5, 5.41) is 31.0. The molecule has 1 fully saturated rings. The Kier molecular flexibility index (Phi) is 8.76. The highest BCUT2D eigenvalue weighted by Crippen LogP contribution is 2.42. The van der Waals surface area contributed by atoms with Gasteiger partial charge in [-0.1, -0.05) is 12.1 Å². The van der Waals surface area contributed by atoms with E-state index in [-0.39, 0.29) is 29.7 Å². The lowest BCUT2D eigenvalue weighted by atomic mass is 9.76. The largest absolute Gasteiger partial charge is 0.507 e. The molecule has 0 spiro atoms. The first-order valence-electron chi connectivity index (χ1n) is 13.2. The summed E-state index contributed by atoms with van der Waals surface area (Å²) in [7, 11) is 1.56. The van der Waals surface area contributed by atoms with Crippen LogP contribution in [0.25, 0.3) is 0 Å². The van der Waals surface area contributed by atoms with Gasteiger partial charge in [0.15, 0.2) is 12.1 Å². The van der Waals surface area contributed by atoms with Gasteiger partial charge < -0.3 is 30.1 Å². The number of benzene rings is 2. The van der Waals surface area contributed by atoms with Crippen molar-refractivity contribution in [3.63, 3.8) is 0 Å². The average molecular weight is 580 g/mol. The first-order valence-corrected chi connectivity index (χ1v) is 13.2. The molecule has 12 heteroatoms. The number of nitrogens with one attached hydrogen (secondary N) is 1. The molecule has 2 aromatic rings. The van der Waals surface area contributed by atoms with Crippen LogP contribution in [-0.4, -0.2) is 70.6 Å². The van der Waals surface area contributed by atoms with Gasteiger partial charge in [0.25, 0.3) is 0 Å². The van der Waals surface area contributed by atoms with Crippen molar-refractivity contribution in [1.29, 1.82) is 0 Å². The Morgan fingerprint density at radius 1 is 1.15 bits per heavy atom. The van der Waals surface area contributed by atoms with E-state index in [1.165, 1.54) is 6.92 Å². The molecule has 1 amide bonds. The number of aliphatic hydroxyl groups is 2. The van der Waals surface area contributed by atoms with Gasteiger partial charge in [-0.15, -0.1) is 0 Å². The summed E-state index contributed by atoms with van der Waals surface area (Å²) < 4.78 is 45.9. The van der Waals surface area contributed by atoms with E-state index >= 15 is 0 Å². The number of fused-ring (bicyclic) bond motifs is 3. The Hall–Kier alpha value is -3.48. The number of ketones is 2. The molecule has 0 saturated carbocycles. The third-order valence-electron chi connectivity index (χ3n) is 7.86. The van der Waals surface area contributed by atoms with Crippen molar-refractivity contribution in [2.75, 3.05) is 7.11 Å². The Morgan fingerprint density at radius 2 is 1.85 bits per heavy atom. The number of hydrogen-bond acceptors (Lipinski definition) is 8. The minimum absolute atomic E-state index is 0.0388. The van der Waals surface area contributed by atoms with Crippen LogP contribution in [0.4, 0.5) is 13.2 Å². The van der Waals surface area contributed by atoms with E-state index in [0.29, 0.717) is 41.7 Å². The van der Waals surface area contributed by atoms with Crippen LogP contribution in [-0.2, 0) is 33.6 Å². The maximum atomic E-state index is 13.1. The van der Waals surface area contributed by atoms with Crippen LogP contribution in [0.5, 0.6) is 11.5 Å². The first-order chi connectivity index (χ1) is 19.2. The van der Waals surface area contributed by atoms with Gasteiger partial charge in [0.1, 0.15) is 23.4 Å². The number of alkyl halides is 3. The fraction of sp³-hybridized carbons (Fsp3) is 0.483. The second kappa shape index (κ2) is 11.8. The summed E-state index contributed by atoms with van der Waals surface area (Å²) in [4.78, 5) is 35.4.